The van der Waals surface area contributed by atoms with Crippen molar-refractivity contribution in [2.24, 2.45) is 0 Å². The van der Waals surface area contributed by atoms with Gasteiger partial charge in [0, 0.05) is 31.6 Å². The van der Waals surface area contributed by atoms with Crippen molar-refractivity contribution in [2.45, 2.75) is 6.92 Å². The molecule has 1 fully saturated rings. The van der Waals surface area contributed by atoms with Crippen LogP contribution in [0.2, 0.25) is 0 Å². The van der Waals surface area contributed by atoms with Gasteiger partial charge in [0.05, 0.1) is 5.52 Å². The van der Waals surface area contributed by atoms with Crippen molar-refractivity contribution in [1.29, 1.82) is 0 Å². The summed E-state index contributed by atoms with van der Waals surface area (Å²) in [4.78, 5) is 14.2. The lowest BCUT2D eigenvalue weighted by Gasteiger charge is -2.27. The van der Waals surface area contributed by atoms with Gasteiger partial charge in [0.25, 0.3) is 0 Å². The number of amides is 2. The third-order valence-electron chi connectivity index (χ3n) is 4.58. The zero-order chi connectivity index (χ0) is 17.2. The van der Waals surface area contributed by atoms with E-state index in [0.717, 1.165) is 35.1 Å². The molecule has 0 bridgehead atoms. The fourth-order valence-corrected chi connectivity index (χ4v) is 3.09. The number of nitrogens with zero attached hydrogens (tertiary/aromatic N) is 2. The predicted octanol–water partition coefficient (Wildman–Crippen LogP) is 2.98. The molecule has 128 valence electrons. The van der Waals surface area contributed by atoms with Crippen LogP contribution in [0.25, 0.3) is 22.0 Å². The summed E-state index contributed by atoms with van der Waals surface area (Å²) in [7, 11) is 0. The molecule has 1 saturated heterocycles. The predicted molar refractivity (Wildman–Crippen MR) is 99.7 cm³/mol. The highest BCUT2D eigenvalue weighted by Gasteiger charge is 2.18. The van der Waals surface area contributed by atoms with E-state index >= 15 is 0 Å². The minimum atomic E-state index is -0.0995. The zero-order valence-corrected chi connectivity index (χ0v) is 14.2. The van der Waals surface area contributed by atoms with E-state index in [1.54, 1.807) is 4.90 Å². The van der Waals surface area contributed by atoms with Gasteiger partial charge in [-0.2, -0.15) is 5.10 Å². The molecule has 1 aromatic heterocycles. The zero-order valence-electron chi connectivity index (χ0n) is 14.2. The molecule has 3 aromatic rings. The van der Waals surface area contributed by atoms with E-state index in [1.165, 1.54) is 5.56 Å². The van der Waals surface area contributed by atoms with E-state index in [2.05, 4.69) is 64.2 Å². The van der Waals surface area contributed by atoms with Crippen LogP contribution in [0.1, 0.15) is 5.56 Å². The first-order valence-electron chi connectivity index (χ1n) is 8.52. The smallest absolute Gasteiger partial charge is 0.322 e. The molecule has 0 radical (unpaired) electrons. The second kappa shape index (κ2) is 6.57. The second-order valence-electron chi connectivity index (χ2n) is 6.37. The van der Waals surface area contributed by atoms with Crippen LogP contribution in [0.15, 0.2) is 42.5 Å². The Kier molecular flexibility index (Phi) is 4.11. The molecule has 0 saturated carbocycles. The summed E-state index contributed by atoms with van der Waals surface area (Å²) in [6, 6.07) is 14.5. The number of anilines is 1. The number of H-pyrrole nitrogens is 1. The van der Waals surface area contributed by atoms with E-state index in [4.69, 9.17) is 0 Å². The number of aromatic nitrogens is 2. The third-order valence-corrected chi connectivity index (χ3v) is 4.58. The first-order chi connectivity index (χ1) is 12.2. The van der Waals surface area contributed by atoms with E-state index < -0.39 is 0 Å². The molecule has 2 heterocycles. The number of aromatic amines is 1. The molecule has 1 aliphatic heterocycles. The monoisotopic (exact) mass is 335 g/mol. The summed E-state index contributed by atoms with van der Waals surface area (Å²) in [5.41, 5.74) is 4.43. The molecule has 3 N–H and O–H groups in total. The SMILES string of the molecule is Cc1ccc(-c2ccc3c(NC(=O)N4CCNCC4)n[nH]c3c2)cc1. The van der Waals surface area contributed by atoms with Gasteiger partial charge < -0.3 is 10.2 Å². The number of hydrogen-bond acceptors (Lipinski definition) is 3. The summed E-state index contributed by atoms with van der Waals surface area (Å²) < 4.78 is 0. The fourth-order valence-electron chi connectivity index (χ4n) is 3.09. The first-order valence-corrected chi connectivity index (χ1v) is 8.52. The maximum absolute atomic E-state index is 12.4. The van der Waals surface area contributed by atoms with Crippen molar-refractivity contribution in [2.75, 3.05) is 31.5 Å². The van der Waals surface area contributed by atoms with Crippen LogP contribution in [-0.4, -0.2) is 47.3 Å². The first kappa shape index (κ1) is 15.7. The van der Waals surface area contributed by atoms with Gasteiger partial charge in [-0.1, -0.05) is 35.9 Å². The maximum Gasteiger partial charge on any atom is 0.323 e. The quantitative estimate of drug-likeness (QED) is 0.674. The van der Waals surface area contributed by atoms with Crippen LogP contribution in [0.3, 0.4) is 0 Å². The fraction of sp³-hybridized carbons (Fsp3) is 0.263. The molecule has 2 aromatic carbocycles. The van der Waals surface area contributed by atoms with Crippen molar-refractivity contribution in [3.63, 3.8) is 0 Å². The molecule has 0 spiro atoms. The van der Waals surface area contributed by atoms with Crippen molar-refractivity contribution < 1.29 is 4.79 Å². The van der Waals surface area contributed by atoms with E-state index in [9.17, 15) is 4.79 Å². The Hall–Kier alpha value is -2.86. The molecule has 6 heteroatoms. The number of benzene rings is 2. The van der Waals surface area contributed by atoms with Crippen LogP contribution >= 0.6 is 0 Å². The van der Waals surface area contributed by atoms with Crippen molar-refractivity contribution in [3.05, 3.63) is 48.0 Å². The molecule has 1 aliphatic rings. The number of hydrogen-bond donors (Lipinski definition) is 3. The summed E-state index contributed by atoms with van der Waals surface area (Å²) in [6.07, 6.45) is 0. The summed E-state index contributed by atoms with van der Waals surface area (Å²) in [6.45, 7) is 5.16. The third kappa shape index (κ3) is 3.21. The van der Waals surface area contributed by atoms with Crippen LogP contribution in [0.5, 0.6) is 0 Å². The molecule has 0 atom stereocenters. The number of piperazine rings is 1. The summed E-state index contributed by atoms with van der Waals surface area (Å²) in [5, 5.41) is 14.4. The normalized spacial score (nSPS) is 14.7. The van der Waals surface area contributed by atoms with Crippen LogP contribution in [0, 0.1) is 6.92 Å². The van der Waals surface area contributed by atoms with Crippen LogP contribution < -0.4 is 10.6 Å². The molecular weight excluding hydrogens is 314 g/mol. The van der Waals surface area contributed by atoms with Crippen molar-refractivity contribution in [1.82, 2.24) is 20.4 Å². The molecule has 25 heavy (non-hydrogen) atoms. The Morgan fingerprint density at radius 1 is 1.08 bits per heavy atom. The van der Waals surface area contributed by atoms with E-state index in [-0.39, 0.29) is 6.03 Å². The number of carbonyl (C=O) groups excluding carboxylic acids is 1. The van der Waals surface area contributed by atoms with Gasteiger partial charge in [0.2, 0.25) is 0 Å². The van der Waals surface area contributed by atoms with Gasteiger partial charge in [-0.15, -0.1) is 0 Å². The minimum Gasteiger partial charge on any atom is -0.322 e. The van der Waals surface area contributed by atoms with Crippen molar-refractivity contribution in [3.8, 4) is 11.1 Å². The standard InChI is InChI=1S/C19H21N5O/c1-13-2-4-14(5-3-13)15-6-7-16-17(12-15)22-23-18(16)21-19(25)24-10-8-20-9-11-24/h2-7,12,20H,8-11H2,1H3,(H2,21,22,23,25). The Morgan fingerprint density at radius 3 is 2.56 bits per heavy atom. The van der Waals surface area contributed by atoms with Gasteiger partial charge in [0.1, 0.15) is 0 Å². The molecule has 0 aliphatic carbocycles. The average Bonchev–Trinajstić information content (AvgIpc) is 3.05. The highest BCUT2D eigenvalue weighted by Crippen LogP contribution is 2.27. The number of carbonyl (C=O) groups is 1. The highest BCUT2D eigenvalue weighted by molar-refractivity contribution is 6.00. The molecule has 2 amide bonds. The Morgan fingerprint density at radius 2 is 1.80 bits per heavy atom. The molecule has 6 nitrogen and oxygen atoms in total. The maximum atomic E-state index is 12.4. The Bertz CT molecular complexity index is 894. The highest BCUT2D eigenvalue weighted by atomic mass is 16.2. The second-order valence-corrected chi connectivity index (χ2v) is 6.37. The Balaban J connectivity index is 1.57. The summed E-state index contributed by atoms with van der Waals surface area (Å²) in [5.74, 6) is 0.578. The number of fused-ring (bicyclic) bond motifs is 1. The minimum absolute atomic E-state index is 0.0995. The molecular formula is C19H21N5O. The number of urea groups is 1. The van der Waals surface area contributed by atoms with Crippen LogP contribution in [0.4, 0.5) is 10.6 Å². The largest absolute Gasteiger partial charge is 0.323 e. The van der Waals surface area contributed by atoms with Gasteiger partial charge in [0.15, 0.2) is 5.82 Å². The van der Waals surface area contributed by atoms with Crippen LogP contribution in [-0.2, 0) is 0 Å². The van der Waals surface area contributed by atoms with Gasteiger partial charge in [-0.25, -0.2) is 4.79 Å². The van der Waals surface area contributed by atoms with E-state index in [1.807, 2.05) is 6.07 Å². The topological polar surface area (TPSA) is 73.1 Å². The molecule has 4 rings (SSSR count). The van der Waals surface area contributed by atoms with Crippen molar-refractivity contribution >= 4 is 22.8 Å². The number of rotatable bonds is 2. The van der Waals surface area contributed by atoms with Gasteiger partial charge in [-0.05, 0) is 30.2 Å². The molecule has 0 unspecified atom stereocenters. The lowest BCUT2D eigenvalue weighted by molar-refractivity contribution is 0.204. The Labute approximate surface area is 146 Å². The lowest BCUT2D eigenvalue weighted by atomic mass is 10.0. The van der Waals surface area contributed by atoms with E-state index in [0.29, 0.717) is 18.9 Å². The average molecular weight is 335 g/mol. The lowest BCUT2D eigenvalue weighted by Crippen LogP contribution is -2.48. The number of aryl methyl sites for hydroxylation is 1. The number of nitrogens with one attached hydrogen (secondary N) is 3. The van der Waals surface area contributed by atoms with Gasteiger partial charge >= 0.3 is 6.03 Å². The van der Waals surface area contributed by atoms with Gasteiger partial charge in [-0.3, -0.25) is 10.4 Å². The summed E-state index contributed by atoms with van der Waals surface area (Å²) >= 11 is 0.